The Morgan fingerprint density at radius 3 is 2.00 bits per heavy atom. The maximum Gasteiger partial charge on any atom is 0.244 e. The maximum atomic E-state index is 12.7. The molecule has 3 heteroatoms. The van der Waals surface area contributed by atoms with Crippen molar-refractivity contribution in [3.63, 3.8) is 0 Å². The van der Waals surface area contributed by atoms with E-state index in [1.54, 1.807) is 0 Å². The number of rotatable bonds is 7. The molecule has 1 atom stereocenters. The van der Waals surface area contributed by atoms with Gasteiger partial charge in [-0.15, -0.1) is 0 Å². The van der Waals surface area contributed by atoms with Crippen LogP contribution in [0.4, 0.5) is 0 Å². The highest BCUT2D eigenvalue weighted by Gasteiger charge is 2.26. The highest BCUT2D eigenvalue weighted by atomic mass is 16.2. The van der Waals surface area contributed by atoms with Gasteiger partial charge in [0.1, 0.15) is 6.04 Å². The lowest BCUT2D eigenvalue weighted by Crippen LogP contribution is -2.41. The molecule has 1 aromatic carbocycles. The molecule has 0 fully saturated rings. The average Bonchev–Trinajstić information content (AvgIpc) is 2.39. The standard InChI is InChI=1S/C16H26N2O/c1-5-12-18(13-6-2)16(19)15(17(3)4)14-10-8-7-9-11-14/h7-11,15H,5-6,12-13H2,1-4H3. The summed E-state index contributed by atoms with van der Waals surface area (Å²) >= 11 is 0. The van der Waals surface area contributed by atoms with Crippen LogP contribution in [0, 0.1) is 0 Å². The quantitative estimate of drug-likeness (QED) is 0.754. The van der Waals surface area contributed by atoms with Gasteiger partial charge >= 0.3 is 0 Å². The molecule has 0 heterocycles. The molecule has 0 spiro atoms. The number of carbonyl (C=O) groups excluding carboxylic acids is 1. The predicted molar refractivity (Wildman–Crippen MR) is 80.0 cm³/mol. The lowest BCUT2D eigenvalue weighted by Gasteiger charge is -2.30. The van der Waals surface area contributed by atoms with E-state index >= 15 is 0 Å². The van der Waals surface area contributed by atoms with Gasteiger partial charge in [-0.05, 0) is 32.5 Å². The smallest absolute Gasteiger partial charge is 0.244 e. The first-order valence-electron chi connectivity index (χ1n) is 7.12. The van der Waals surface area contributed by atoms with Gasteiger partial charge in [0.15, 0.2) is 0 Å². The highest BCUT2D eigenvalue weighted by Crippen LogP contribution is 2.21. The molecule has 0 aliphatic heterocycles. The minimum atomic E-state index is -0.181. The fourth-order valence-electron chi connectivity index (χ4n) is 2.34. The lowest BCUT2D eigenvalue weighted by molar-refractivity contribution is -0.136. The van der Waals surface area contributed by atoms with Gasteiger partial charge in [0.25, 0.3) is 0 Å². The molecule has 1 aromatic rings. The molecular formula is C16H26N2O. The molecule has 0 saturated carbocycles. The summed E-state index contributed by atoms with van der Waals surface area (Å²) in [6.07, 6.45) is 2.00. The van der Waals surface area contributed by atoms with Gasteiger partial charge in [-0.25, -0.2) is 0 Å². The SMILES string of the molecule is CCCN(CCC)C(=O)C(c1ccccc1)N(C)C. The van der Waals surface area contributed by atoms with Crippen LogP contribution >= 0.6 is 0 Å². The Morgan fingerprint density at radius 2 is 1.58 bits per heavy atom. The molecule has 106 valence electrons. The van der Waals surface area contributed by atoms with Crippen molar-refractivity contribution in [2.45, 2.75) is 32.7 Å². The van der Waals surface area contributed by atoms with Crippen LogP contribution in [0.15, 0.2) is 30.3 Å². The fourth-order valence-corrected chi connectivity index (χ4v) is 2.34. The Morgan fingerprint density at radius 1 is 1.05 bits per heavy atom. The van der Waals surface area contributed by atoms with E-state index in [4.69, 9.17) is 0 Å². The van der Waals surface area contributed by atoms with Gasteiger partial charge in [-0.3, -0.25) is 9.69 Å². The first-order chi connectivity index (χ1) is 9.11. The normalized spacial score (nSPS) is 12.5. The second kappa shape index (κ2) is 7.95. The molecule has 1 amide bonds. The Balaban J connectivity index is 2.95. The van der Waals surface area contributed by atoms with Crippen LogP contribution in [0.25, 0.3) is 0 Å². The summed E-state index contributed by atoms with van der Waals surface area (Å²) in [5.41, 5.74) is 1.06. The van der Waals surface area contributed by atoms with Crippen molar-refractivity contribution in [1.29, 1.82) is 0 Å². The molecule has 0 bridgehead atoms. The van der Waals surface area contributed by atoms with E-state index in [0.717, 1.165) is 31.5 Å². The van der Waals surface area contributed by atoms with E-state index in [1.807, 2.05) is 54.2 Å². The molecule has 0 aliphatic carbocycles. The maximum absolute atomic E-state index is 12.7. The van der Waals surface area contributed by atoms with Gasteiger partial charge in [0.2, 0.25) is 5.91 Å². The van der Waals surface area contributed by atoms with Crippen molar-refractivity contribution in [3.8, 4) is 0 Å². The number of hydrogen-bond acceptors (Lipinski definition) is 2. The van der Waals surface area contributed by atoms with Crippen LogP contribution in [0.1, 0.15) is 38.3 Å². The minimum Gasteiger partial charge on any atom is -0.341 e. The molecule has 3 nitrogen and oxygen atoms in total. The van der Waals surface area contributed by atoms with Gasteiger partial charge in [-0.1, -0.05) is 44.2 Å². The number of amides is 1. The number of carbonyl (C=O) groups is 1. The molecule has 0 aromatic heterocycles. The van der Waals surface area contributed by atoms with Crippen LogP contribution in [0.2, 0.25) is 0 Å². The molecule has 19 heavy (non-hydrogen) atoms. The van der Waals surface area contributed by atoms with E-state index in [2.05, 4.69) is 13.8 Å². The zero-order valence-electron chi connectivity index (χ0n) is 12.6. The zero-order chi connectivity index (χ0) is 14.3. The predicted octanol–water partition coefficient (Wildman–Crippen LogP) is 2.94. The van der Waals surface area contributed by atoms with Crippen LogP contribution in [0.3, 0.4) is 0 Å². The first-order valence-corrected chi connectivity index (χ1v) is 7.12. The zero-order valence-corrected chi connectivity index (χ0v) is 12.6. The number of likely N-dealkylation sites (N-methyl/N-ethyl adjacent to an activating group) is 1. The summed E-state index contributed by atoms with van der Waals surface area (Å²) in [6.45, 7) is 5.90. The summed E-state index contributed by atoms with van der Waals surface area (Å²) in [5.74, 6) is 0.208. The number of hydrogen-bond donors (Lipinski definition) is 0. The summed E-state index contributed by atoms with van der Waals surface area (Å²) in [7, 11) is 3.93. The molecular weight excluding hydrogens is 236 g/mol. The van der Waals surface area contributed by atoms with Crippen LogP contribution in [-0.2, 0) is 4.79 Å². The monoisotopic (exact) mass is 262 g/mol. The fraction of sp³-hybridized carbons (Fsp3) is 0.562. The largest absolute Gasteiger partial charge is 0.341 e. The molecule has 1 unspecified atom stereocenters. The van der Waals surface area contributed by atoms with Crippen molar-refractivity contribution in [1.82, 2.24) is 9.80 Å². The van der Waals surface area contributed by atoms with Crippen molar-refractivity contribution in [2.24, 2.45) is 0 Å². The molecule has 0 aliphatic rings. The summed E-state index contributed by atoms with van der Waals surface area (Å²) in [4.78, 5) is 16.7. The number of benzene rings is 1. The molecule has 0 saturated heterocycles. The number of nitrogens with zero attached hydrogens (tertiary/aromatic N) is 2. The van der Waals surface area contributed by atoms with Crippen molar-refractivity contribution >= 4 is 5.91 Å². The van der Waals surface area contributed by atoms with E-state index in [-0.39, 0.29) is 11.9 Å². The minimum absolute atomic E-state index is 0.181. The lowest BCUT2D eigenvalue weighted by atomic mass is 10.0. The Hall–Kier alpha value is -1.35. The summed E-state index contributed by atoms with van der Waals surface area (Å²) < 4.78 is 0. The van der Waals surface area contributed by atoms with E-state index in [9.17, 15) is 4.79 Å². The third-order valence-electron chi connectivity index (χ3n) is 3.16. The van der Waals surface area contributed by atoms with E-state index < -0.39 is 0 Å². The van der Waals surface area contributed by atoms with E-state index in [0.29, 0.717) is 0 Å². The van der Waals surface area contributed by atoms with Crippen molar-refractivity contribution in [2.75, 3.05) is 27.2 Å². The van der Waals surface area contributed by atoms with E-state index in [1.165, 1.54) is 0 Å². The first kappa shape index (κ1) is 15.7. The topological polar surface area (TPSA) is 23.6 Å². The van der Waals surface area contributed by atoms with Crippen molar-refractivity contribution < 1.29 is 4.79 Å². The third kappa shape index (κ3) is 4.35. The summed E-state index contributed by atoms with van der Waals surface area (Å²) in [5, 5.41) is 0. The van der Waals surface area contributed by atoms with Crippen LogP contribution < -0.4 is 0 Å². The molecule has 1 rings (SSSR count). The average molecular weight is 262 g/mol. The second-order valence-corrected chi connectivity index (χ2v) is 5.10. The van der Waals surface area contributed by atoms with Gasteiger partial charge < -0.3 is 4.90 Å². The Kier molecular flexibility index (Phi) is 6.57. The van der Waals surface area contributed by atoms with Crippen LogP contribution in [0.5, 0.6) is 0 Å². The molecule has 0 N–H and O–H groups in total. The van der Waals surface area contributed by atoms with Crippen LogP contribution in [-0.4, -0.2) is 42.9 Å². The Labute approximate surface area is 117 Å². The summed E-state index contributed by atoms with van der Waals surface area (Å²) in [6, 6.07) is 9.83. The molecule has 0 radical (unpaired) electrons. The van der Waals surface area contributed by atoms with Gasteiger partial charge in [0, 0.05) is 13.1 Å². The van der Waals surface area contributed by atoms with Gasteiger partial charge in [0.05, 0.1) is 0 Å². The van der Waals surface area contributed by atoms with Crippen molar-refractivity contribution in [3.05, 3.63) is 35.9 Å². The second-order valence-electron chi connectivity index (χ2n) is 5.10. The highest BCUT2D eigenvalue weighted by molar-refractivity contribution is 5.83. The van der Waals surface area contributed by atoms with Gasteiger partial charge in [-0.2, -0.15) is 0 Å². The third-order valence-corrected chi connectivity index (χ3v) is 3.16. The Bertz CT molecular complexity index is 370.